The summed E-state index contributed by atoms with van der Waals surface area (Å²) in [7, 11) is 2.79. The van der Waals surface area contributed by atoms with Crippen molar-refractivity contribution in [3.05, 3.63) is 49.1 Å². The molecule has 0 saturated carbocycles. The van der Waals surface area contributed by atoms with E-state index in [0.717, 1.165) is 23.5 Å². The number of nitrogens with zero attached hydrogens (tertiary/aromatic N) is 2. The number of carbonyl (C=O) groups excluding carboxylic acids is 2. The molecule has 1 N–H and O–H groups in total. The molecular formula is C24H28Cl2N2O5S. The van der Waals surface area contributed by atoms with Crippen LogP contribution in [0.5, 0.6) is 11.5 Å². The molecule has 34 heavy (non-hydrogen) atoms. The first-order chi connectivity index (χ1) is 16.2. The average Bonchev–Trinajstić information content (AvgIpc) is 3.34. The van der Waals surface area contributed by atoms with Crippen LogP contribution in [-0.2, 0) is 9.59 Å². The van der Waals surface area contributed by atoms with Crippen LogP contribution in [0.1, 0.15) is 35.9 Å². The number of halogens is 2. The number of hydrogen-bond acceptors (Lipinski definition) is 7. The standard InChI is InChI=1S/C24H28Cl2N2O5S/c1-6-27(7-2)9-10-28-18(23-13(3)8-11-34-23)16(20(30)24(28)31)19(29)14-12-15(25)22(33-5)17(26)21(14)32-4/h8,11-12,18,29H,6-7,9-10H2,1-5H3/b19-16+. The number of hydrogen-bond donors (Lipinski definition) is 1. The molecule has 0 spiro atoms. The molecule has 7 nitrogen and oxygen atoms in total. The number of aliphatic hydroxyl groups is 1. The summed E-state index contributed by atoms with van der Waals surface area (Å²) >= 11 is 14.2. The fourth-order valence-corrected chi connectivity index (χ4v) is 5.86. The van der Waals surface area contributed by atoms with Gasteiger partial charge in [-0.05, 0) is 43.1 Å². The summed E-state index contributed by atoms with van der Waals surface area (Å²) in [6.07, 6.45) is 0. The lowest BCUT2D eigenvalue weighted by Gasteiger charge is -2.28. The normalized spacial score (nSPS) is 17.6. The highest BCUT2D eigenvalue weighted by Crippen LogP contribution is 2.48. The first kappa shape index (κ1) is 26.3. The number of ether oxygens (including phenoxy) is 2. The van der Waals surface area contributed by atoms with E-state index in [1.54, 1.807) is 0 Å². The molecule has 184 valence electrons. The van der Waals surface area contributed by atoms with Gasteiger partial charge in [0.15, 0.2) is 11.5 Å². The van der Waals surface area contributed by atoms with Crippen molar-refractivity contribution in [1.82, 2.24) is 9.80 Å². The van der Waals surface area contributed by atoms with Crippen LogP contribution < -0.4 is 9.47 Å². The minimum atomic E-state index is -0.764. The summed E-state index contributed by atoms with van der Waals surface area (Å²) in [5.74, 6) is -1.54. The fraction of sp³-hybridized carbons (Fsp3) is 0.417. The van der Waals surface area contributed by atoms with Gasteiger partial charge in [0.05, 0.1) is 36.4 Å². The lowest BCUT2D eigenvalue weighted by molar-refractivity contribution is -0.140. The number of likely N-dealkylation sites (tertiary alicyclic amines) is 1. The minimum Gasteiger partial charge on any atom is -0.507 e. The third-order valence-electron chi connectivity index (χ3n) is 6.04. The van der Waals surface area contributed by atoms with Crippen LogP contribution in [-0.4, -0.2) is 67.0 Å². The topological polar surface area (TPSA) is 79.3 Å². The lowest BCUT2D eigenvalue weighted by atomic mass is 9.97. The number of Topliss-reactive ketones (excluding diaryl/α,β-unsaturated/α-hetero) is 1. The summed E-state index contributed by atoms with van der Waals surface area (Å²) in [6.45, 7) is 8.59. The van der Waals surface area contributed by atoms with E-state index in [2.05, 4.69) is 4.90 Å². The summed E-state index contributed by atoms with van der Waals surface area (Å²) in [4.78, 5) is 30.9. The van der Waals surface area contributed by atoms with Crippen LogP contribution in [0.15, 0.2) is 23.1 Å². The summed E-state index contributed by atoms with van der Waals surface area (Å²) in [5, 5.41) is 13.5. The zero-order valence-corrected chi connectivity index (χ0v) is 22.1. The highest BCUT2D eigenvalue weighted by molar-refractivity contribution is 7.10. The van der Waals surface area contributed by atoms with E-state index in [-0.39, 0.29) is 32.7 Å². The molecule has 1 saturated heterocycles. The second-order valence-corrected chi connectivity index (χ2v) is 9.51. The molecule has 0 radical (unpaired) electrons. The number of methoxy groups -OCH3 is 2. The molecule has 1 aliphatic rings. The Morgan fingerprint density at radius 3 is 2.35 bits per heavy atom. The molecule has 2 aromatic rings. The quantitative estimate of drug-likeness (QED) is 0.276. The van der Waals surface area contributed by atoms with E-state index in [0.29, 0.717) is 13.1 Å². The zero-order chi connectivity index (χ0) is 25.2. The Labute approximate surface area is 213 Å². The molecule has 10 heteroatoms. The maximum absolute atomic E-state index is 13.3. The van der Waals surface area contributed by atoms with Crippen molar-refractivity contribution < 1.29 is 24.2 Å². The predicted octanol–water partition coefficient (Wildman–Crippen LogP) is 5.14. The molecule has 1 amide bonds. The molecule has 1 fully saturated rings. The van der Waals surface area contributed by atoms with Gasteiger partial charge in [0.25, 0.3) is 11.7 Å². The molecule has 0 bridgehead atoms. The van der Waals surface area contributed by atoms with E-state index in [9.17, 15) is 14.7 Å². The lowest BCUT2D eigenvalue weighted by Crippen LogP contribution is -2.37. The van der Waals surface area contributed by atoms with Crippen molar-refractivity contribution in [1.29, 1.82) is 0 Å². The van der Waals surface area contributed by atoms with Gasteiger partial charge >= 0.3 is 0 Å². The van der Waals surface area contributed by atoms with E-state index < -0.39 is 23.5 Å². The average molecular weight is 527 g/mol. The summed E-state index contributed by atoms with van der Waals surface area (Å²) < 4.78 is 10.7. The van der Waals surface area contributed by atoms with Gasteiger partial charge in [0, 0.05) is 18.0 Å². The van der Waals surface area contributed by atoms with E-state index in [4.69, 9.17) is 32.7 Å². The smallest absolute Gasteiger partial charge is 0.295 e. The van der Waals surface area contributed by atoms with Gasteiger partial charge in [-0.1, -0.05) is 37.0 Å². The van der Waals surface area contributed by atoms with Gasteiger partial charge in [-0.25, -0.2) is 0 Å². The number of benzene rings is 1. The van der Waals surface area contributed by atoms with Crippen molar-refractivity contribution in [3.63, 3.8) is 0 Å². The molecular weight excluding hydrogens is 499 g/mol. The fourth-order valence-electron chi connectivity index (χ4n) is 4.13. The molecule has 2 heterocycles. The van der Waals surface area contributed by atoms with E-state index in [1.807, 2.05) is 32.2 Å². The van der Waals surface area contributed by atoms with Crippen molar-refractivity contribution in [3.8, 4) is 11.5 Å². The number of thiophene rings is 1. The van der Waals surface area contributed by atoms with Gasteiger partial charge < -0.3 is 24.4 Å². The van der Waals surface area contributed by atoms with Crippen LogP contribution in [0.25, 0.3) is 5.76 Å². The summed E-state index contributed by atoms with van der Waals surface area (Å²) in [6, 6.07) is 2.61. The second kappa shape index (κ2) is 11.0. The number of likely N-dealkylation sites (N-methyl/N-ethyl adjacent to an activating group) is 1. The Bertz CT molecular complexity index is 1130. The molecule has 1 unspecified atom stereocenters. The van der Waals surface area contributed by atoms with E-state index in [1.165, 1.54) is 36.5 Å². The van der Waals surface area contributed by atoms with Gasteiger partial charge in [-0.2, -0.15) is 0 Å². The van der Waals surface area contributed by atoms with Crippen LogP contribution in [0.3, 0.4) is 0 Å². The molecule has 1 aliphatic heterocycles. The maximum Gasteiger partial charge on any atom is 0.295 e. The van der Waals surface area contributed by atoms with Crippen molar-refractivity contribution in [2.45, 2.75) is 26.8 Å². The largest absolute Gasteiger partial charge is 0.507 e. The van der Waals surface area contributed by atoms with Gasteiger partial charge in [-0.15, -0.1) is 11.3 Å². The number of amides is 1. The zero-order valence-electron chi connectivity index (χ0n) is 19.8. The van der Waals surface area contributed by atoms with Crippen molar-refractivity contribution in [2.24, 2.45) is 0 Å². The number of aryl methyl sites for hydroxylation is 1. The number of rotatable bonds is 9. The Hall–Kier alpha value is -2.26. The first-order valence-corrected chi connectivity index (χ1v) is 12.5. The minimum absolute atomic E-state index is 0.0225. The number of aliphatic hydroxyl groups excluding tert-OH is 1. The second-order valence-electron chi connectivity index (χ2n) is 7.77. The Kier molecular flexibility index (Phi) is 8.52. The Morgan fingerprint density at radius 1 is 1.18 bits per heavy atom. The monoisotopic (exact) mass is 526 g/mol. The molecule has 3 rings (SSSR count). The van der Waals surface area contributed by atoms with Gasteiger partial charge in [-0.3, -0.25) is 9.59 Å². The van der Waals surface area contributed by atoms with Crippen LogP contribution in [0.4, 0.5) is 0 Å². The number of ketones is 1. The van der Waals surface area contributed by atoms with Crippen LogP contribution in [0.2, 0.25) is 10.0 Å². The Balaban J connectivity index is 2.22. The van der Waals surface area contributed by atoms with Crippen LogP contribution >= 0.6 is 34.5 Å². The highest BCUT2D eigenvalue weighted by Gasteiger charge is 2.47. The van der Waals surface area contributed by atoms with Crippen molar-refractivity contribution >= 4 is 52.0 Å². The first-order valence-electron chi connectivity index (χ1n) is 10.9. The van der Waals surface area contributed by atoms with E-state index >= 15 is 0 Å². The third-order valence-corrected chi connectivity index (χ3v) is 7.73. The van der Waals surface area contributed by atoms with Crippen molar-refractivity contribution in [2.75, 3.05) is 40.4 Å². The number of carbonyl (C=O) groups is 2. The highest BCUT2D eigenvalue weighted by atomic mass is 35.5. The SMILES string of the molecule is CCN(CC)CCN1C(=O)C(=O)/C(=C(/O)c2cc(Cl)c(OC)c(Cl)c2OC)C1c1sccc1C. The van der Waals surface area contributed by atoms with Crippen LogP contribution in [0, 0.1) is 6.92 Å². The molecule has 1 aromatic heterocycles. The molecule has 0 aliphatic carbocycles. The van der Waals surface area contributed by atoms with Gasteiger partial charge in [0.2, 0.25) is 0 Å². The summed E-state index contributed by atoms with van der Waals surface area (Å²) in [5.41, 5.74) is 1.01. The predicted molar refractivity (Wildman–Crippen MR) is 135 cm³/mol. The third kappa shape index (κ3) is 4.64. The Morgan fingerprint density at radius 2 is 1.82 bits per heavy atom. The molecule has 1 aromatic carbocycles. The molecule has 1 atom stereocenters. The van der Waals surface area contributed by atoms with Gasteiger partial charge in [0.1, 0.15) is 10.8 Å². The maximum atomic E-state index is 13.3.